The Balaban J connectivity index is 1.01. The van der Waals surface area contributed by atoms with Gasteiger partial charge < -0.3 is 9.84 Å². The van der Waals surface area contributed by atoms with Gasteiger partial charge in [0.2, 0.25) is 0 Å². The Morgan fingerprint density at radius 3 is 2.37 bits per heavy atom. The van der Waals surface area contributed by atoms with Crippen molar-refractivity contribution in [1.82, 2.24) is 4.98 Å². The maximum absolute atomic E-state index is 13.9. The standard InChI is InChI=1S/C45H44FNO4/c1-44(2)37-23-24-45(44,3)41(34-13-8-10-27-9-4-5-11-33(27)34)43(37)51-39(50)26-32(49)25-31(48)21-22-36-40(28-17-19-30(46)20-18-28)35-12-6-7-14-38(35)47-42(36)29-15-16-29/h4-14,17-22,29,32,37,41,43,49H,15-16,23-26H2,1-3H3/t32-,37?,41?,43?,45-/m0/s1. The van der Waals surface area contributed by atoms with Crippen molar-refractivity contribution in [3.05, 3.63) is 120 Å². The molecule has 3 aliphatic rings. The number of para-hydroxylation sites is 1. The van der Waals surface area contributed by atoms with Gasteiger partial charge in [0.1, 0.15) is 11.9 Å². The Bertz CT molecular complexity index is 2180. The van der Waals surface area contributed by atoms with Crippen LogP contribution in [0.2, 0.25) is 0 Å². The van der Waals surface area contributed by atoms with E-state index in [0.717, 1.165) is 59.0 Å². The summed E-state index contributed by atoms with van der Waals surface area (Å²) >= 11 is 0. The van der Waals surface area contributed by atoms with E-state index < -0.39 is 12.1 Å². The highest BCUT2D eigenvalue weighted by molar-refractivity contribution is 6.02. The number of ketones is 1. The van der Waals surface area contributed by atoms with Crippen LogP contribution >= 0.6 is 0 Å². The molecule has 3 unspecified atom stereocenters. The number of pyridine rings is 1. The Hall–Kier alpha value is -4.68. The van der Waals surface area contributed by atoms with E-state index in [1.54, 1.807) is 18.2 Å². The highest BCUT2D eigenvalue weighted by Gasteiger charge is 2.67. The highest BCUT2D eigenvalue weighted by Crippen LogP contribution is 2.72. The molecule has 0 amide bonds. The van der Waals surface area contributed by atoms with Crippen LogP contribution in [0.15, 0.2) is 97.1 Å². The van der Waals surface area contributed by atoms with Crippen LogP contribution in [0, 0.1) is 22.6 Å². The van der Waals surface area contributed by atoms with Crippen molar-refractivity contribution in [3.63, 3.8) is 0 Å². The van der Waals surface area contributed by atoms with Gasteiger partial charge in [0.25, 0.3) is 0 Å². The number of hydrogen-bond donors (Lipinski definition) is 1. The lowest BCUT2D eigenvalue weighted by atomic mass is 9.64. The fourth-order valence-corrected chi connectivity index (χ4v) is 9.43. The van der Waals surface area contributed by atoms with E-state index in [9.17, 15) is 19.1 Å². The molecular weight excluding hydrogens is 637 g/mol. The fraction of sp³-hybridized carbons (Fsp3) is 0.356. The maximum atomic E-state index is 13.9. The monoisotopic (exact) mass is 681 g/mol. The summed E-state index contributed by atoms with van der Waals surface area (Å²) in [6, 6.07) is 29.0. The molecule has 4 aromatic carbocycles. The minimum atomic E-state index is -1.18. The molecule has 5 nitrogen and oxygen atoms in total. The number of rotatable bonds is 10. The van der Waals surface area contributed by atoms with Crippen LogP contribution in [0.3, 0.4) is 0 Å². The van der Waals surface area contributed by atoms with E-state index in [1.807, 2.05) is 30.3 Å². The zero-order valence-electron chi connectivity index (χ0n) is 29.4. The number of esters is 1. The first-order chi connectivity index (χ1) is 24.5. The quantitative estimate of drug-likeness (QED) is 0.117. The Morgan fingerprint density at radius 1 is 0.902 bits per heavy atom. The van der Waals surface area contributed by atoms with Crippen molar-refractivity contribution in [2.75, 3.05) is 0 Å². The zero-order chi connectivity index (χ0) is 35.5. The fourth-order valence-electron chi connectivity index (χ4n) is 9.43. The van der Waals surface area contributed by atoms with Crippen molar-refractivity contribution in [1.29, 1.82) is 0 Å². The van der Waals surface area contributed by atoms with Gasteiger partial charge in [-0.05, 0) is 88.8 Å². The molecule has 5 atom stereocenters. The lowest BCUT2D eigenvalue weighted by molar-refractivity contribution is -0.155. The number of nitrogens with zero attached hydrogens (tertiary/aromatic N) is 1. The van der Waals surface area contributed by atoms with Gasteiger partial charge in [-0.2, -0.15) is 0 Å². The van der Waals surface area contributed by atoms with Crippen molar-refractivity contribution in [2.45, 2.75) is 83.3 Å². The topological polar surface area (TPSA) is 76.5 Å². The molecule has 0 saturated heterocycles. The number of ether oxygens (including phenoxy) is 1. The summed E-state index contributed by atoms with van der Waals surface area (Å²) in [6.07, 6.45) is 5.39. The third-order valence-electron chi connectivity index (χ3n) is 12.5. The van der Waals surface area contributed by atoms with E-state index in [-0.39, 0.29) is 53.2 Å². The van der Waals surface area contributed by atoms with Gasteiger partial charge in [-0.15, -0.1) is 0 Å². The number of carbonyl (C=O) groups is 2. The summed E-state index contributed by atoms with van der Waals surface area (Å²) in [5.41, 5.74) is 5.45. The van der Waals surface area contributed by atoms with Gasteiger partial charge in [0.05, 0.1) is 23.7 Å². The molecular formula is C45H44FNO4. The van der Waals surface area contributed by atoms with Gasteiger partial charge in [0.15, 0.2) is 5.78 Å². The molecule has 3 fully saturated rings. The van der Waals surface area contributed by atoms with Crippen LogP contribution in [0.1, 0.15) is 88.0 Å². The van der Waals surface area contributed by atoms with Crippen LogP contribution in [0.4, 0.5) is 4.39 Å². The summed E-state index contributed by atoms with van der Waals surface area (Å²) in [5, 5.41) is 14.3. The average Bonchev–Trinajstić information content (AvgIpc) is 3.91. The van der Waals surface area contributed by atoms with Crippen LogP contribution in [0.25, 0.3) is 38.9 Å². The average molecular weight is 682 g/mol. The van der Waals surface area contributed by atoms with Crippen LogP contribution in [-0.2, 0) is 14.3 Å². The number of benzene rings is 4. The first kappa shape index (κ1) is 33.5. The molecule has 0 radical (unpaired) electrons. The number of hydrogen-bond acceptors (Lipinski definition) is 5. The van der Waals surface area contributed by atoms with Gasteiger partial charge in [0, 0.05) is 40.7 Å². The lowest BCUT2D eigenvalue weighted by Crippen LogP contribution is -2.35. The first-order valence-corrected chi connectivity index (χ1v) is 18.3. The summed E-state index contributed by atoms with van der Waals surface area (Å²) in [7, 11) is 0. The maximum Gasteiger partial charge on any atom is 0.308 e. The number of allylic oxidation sites excluding steroid dienone is 1. The minimum Gasteiger partial charge on any atom is -0.461 e. The number of halogens is 1. The Kier molecular flexibility index (Phi) is 8.41. The number of aromatic nitrogens is 1. The largest absolute Gasteiger partial charge is 0.461 e. The van der Waals surface area contributed by atoms with Crippen molar-refractivity contribution < 1.29 is 23.8 Å². The lowest BCUT2D eigenvalue weighted by Gasteiger charge is -2.40. The third-order valence-corrected chi connectivity index (χ3v) is 12.5. The second-order valence-corrected chi connectivity index (χ2v) is 15.7. The molecule has 5 aromatic rings. The molecule has 1 N–H and O–H groups in total. The summed E-state index contributed by atoms with van der Waals surface area (Å²) in [4.78, 5) is 31.9. The molecule has 6 heteroatoms. The number of fused-ring (bicyclic) bond motifs is 4. The molecule has 3 saturated carbocycles. The van der Waals surface area contributed by atoms with E-state index in [4.69, 9.17) is 9.72 Å². The SMILES string of the molecule is CC1(C)C2CC[C@@]1(C)C(c1cccc3ccccc13)C2OC(=O)C[C@@H](O)CC(=O)C=Cc1c(C2CC2)nc2ccccc2c1-c1ccc(F)cc1. The molecule has 3 aliphatic carbocycles. The van der Waals surface area contributed by atoms with Crippen LogP contribution < -0.4 is 0 Å². The van der Waals surface area contributed by atoms with Crippen LogP contribution in [0.5, 0.6) is 0 Å². The third kappa shape index (κ3) is 5.87. The van der Waals surface area contributed by atoms with E-state index in [1.165, 1.54) is 34.5 Å². The number of aliphatic hydroxyl groups is 1. The minimum absolute atomic E-state index is 0.0227. The molecule has 260 valence electrons. The second-order valence-electron chi connectivity index (χ2n) is 15.7. The second kappa shape index (κ2) is 12.8. The molecule has 2 bridgehead atoms. The number of carbonyl (C=O) groups excluding carboxylic acids is 2. The molecule has 0 spiro atoms. The van der Waals surface area contributed by atoms with E-state index >= 15 is 0 Å². The van der Waals surface area contributed by atoms with E-state index in [2.05, 4.69) is 57.2 Å². The summed E-state index contributed by atoms with van der Waals surface area (Å²) < 4.78 is 20.3. The van der Waals surface area contributed by atoms with Crippen molar-refractivity contribution in [2.24, 2.45) is 16.7 Å². The molecule has 51 heavy (non-hydrogen) atoms. The molecule has 1 heterocycles. The summed E-state index contributed by atoms with van der Waals surface area (Å²) in [5.74, 6) is -0.577. The van der Waals surface area contributed by atoms with E-state index in [0.29, 0.717) is 5.92 Å². The molecule has 1 aromatic heterocycles. The highest BCUT2D eigenvalue weighted by atomic mass is 19.1. The van der Waals surface area contributed by atoms with Crippen LogP contribution in [-0.4, -0.2) is 34.1 Å². The first-order valence-electron chi connectivity index (χ1n) is 18.3. The van der Waals surface area contributed by atoms with Gasteiger partial charge in [-0.3, -0.25) is 14.6 Å². The van der Waals surface area contributed by atoms with Crippen molar-refractivity contribution >= 4 is 39.5 Å². The number of aliphatic hydroxyl groups excluding tert-OH is 1. The van der Waals surface area contributed by atoms with Crippen molar-refractivity contribution in [3.8, 4) is 11.1 Å². The van der Waals surface area contributed by atoms with Gasteiger partial charge >= 0.3 is 5.97 Å². The summed E-state index contributed by atoms with van der Waals surface area (Å²) in [6.45, 7) is 6.95. The zero-order valence-corrected chi connectivity index (χ0v) is 29.4. The smallest absolute Gasteiger partial charge is 0.308 e. The Morgan fingerprint density at radius 2 is 1.61 bits per heavy atom. The normalized spacial score (nSPS) is 24.4. The van der Waals surface area contributed by atoms with Gasteiger partial charge in [-0.1, -0.05) is 93.6 Å². The predicted octanol–water partition coefficient (Wildman–Crippen LogP) is 9.95. The van der Waals surface area contributed by atoms with Gasteiger partial charge in [-0.25, -0.2) is 4.39 Å². The molecule has 8 rings (SSSR count). The Labute approximate surface area is 298 Å². The predicted molar refractivity (Wildman–Crippen MR) is 200 cm³/mol. The molecule has 0 aliphatic heterocycles.